The zero-order chi connectivity index (χ0) is 14.6. The van der Waals surface area contributed by atoms with Gasteiger partial charge >= 0.3 is 16.3 Å². The van der Waals surface area contributed by atoms with Crippen LogP contribution in [0.15, 0.2) is 18.2 Å². The average Bonchev–Trinajstić information content (AvgIpc) is 2.19. The van der Waals surface area contributed by atoms with Crippen molar-refractivity contribution in [2.45, 2.75) is 20.0 Å². The molecule has 0 aromatic heterocycles. The van der Waals surface area contributed by atoms with Gasteiger partial charge in [0.25, 0.3) is 0 Å². The molecule has 0 spiro atoms. The van der Waals surface area contributed by atoms with E-state index in [2.05, 4.69) is 9.46 Å². The summed E-state index contributed by atoms with van der Waals surface area (Å²) in [7, 11) is -4.11. The molecule has 1 aromatic rings. The van der Waals surface area contributed by atoms with Crippen LogP contribution in [0.25, 0.3) is 0 Å². The molecule has 0 saturated carbocycles. The van der Waals surface area contributed by atoms with Crippen molar-refractivity contribution >= 4 is 39.3 Å². The Labute approximate surface area is 116 Å². The monoisotopic (exact) mass is 307 g/mol. The van der Waals surface area contributed by atoms with Crippen LogP contribution in [0, 0.1) is 0 Å². The number of nitrogens with two attached hydrogens (primary N) is 1. The molecule has 1 aromatic carbocycles. The van der Waals surface area contributed by atoms with E-state index >= 15 is 0 Å². The predicted molar refractivity (Wildman–Crippen MR) is 73.2 cm³/mol. The van der Waals surface area contributed by atoms with Crippen LogP contribution < -0.4 is 15.2 Å². The normalized spacial score (nSPS) is 11.2. The Hall–Kier alpha value is -1.67. The predicted octanol–water partition coefficient (Wildman–Crippen LogP) is 1.71. The molecule has 106 valence electrons. The SMILES string of the molecule is CC(C)OC(=O)NS(=O)(=O)Nc1ccc(N)cc1Cl. The zero-order valence-corrected chi connectivity index (χ0v) is 11.9. The summed E-state index contributed by atoms with van der Waals surface area (Å²) in [6, 6.07) is 4.23. The maximum Gasteiger partial charge on any atom is 0.422 e. The Bertz CT molecular complexity index is 574. The van der Waals surface area contributed by atoms with E-state index in [0.29, 0.717) is 5.69 Å². The second kappa shape index (κ2) is 5.98. The summed E-state index contributed by atoms with van der Waals surface area (Å²) in [6.07, 6.45) is -1.51. The van der Waals surface area contributed by atoms with Gasteiger partial charge in [-0.2, -0.15) is 8.42 Å². The molecule has 0 radical (unpaired) electrons. The average molecular weight is 308 g/mol. The highest BCUT2D eigenvalue weighted by Crippen LogP contribution is 2.24. The van der Waals surface area contributed by atoms with Crippen LogP contribution in [0.2, 0.25) is 5.02 Å². The van der Waals surface area contributed by atoms with Crippen molar-refractivity contribution < 1.29 is 17.9 Å². The molecule has 1 amide bonds. The number of carbonyl (C=O) groups is 1. The molecule has 9 heteroatoms. The van der Waals surface area contributed by atoms with Gasteiger partial charge in [-0.05, 0) is 32.0 Å². The second-order valence-corrected chi connectivity index (χ2v) is 5.72. The van der Waals surface area contributed by atoms with Gasteiger partial charge in [0.2, 0.25) is 0 Å². The minimum Gasteiger partial charge on any atom is -0.446 e. The van der Waals surface area contributed by atoms with Crippen molar-refractivity contribution in [3.63, 3.8) is 0 Å². The van der Waals surface area contributed by atoms with Gasteiger partial charge in [-0.25, -0.2) is 9.52 Å². The molecule has 0 aliphatic rings. The van der Waals surface area contributed by atoms with Crippen molar-refractivity contribution in [3.8, 4) is 0 Å². The summed E-state index contributed by atoms with van der Waals surface area (Å²) >= 11 is 5.81. The molecule has 0 fully saturated rings. The Kier molecular flexibility index (Phi) is 4.84. The van der Waals surface area contributed by atoms with E-state index in [9.17, 15) is 13.2 Å². The van der Waals surface area contributed by atoms with Gasteiger partial charge < -0.3 is 10.5 Å². The van der Waals surface area contributed by atoms with Crippen molar-refractivity contribution in [1.82, 2.24) is 4.72 Å². The standard InChI is InChI=1S/C10H14ClN3O4S/c1-6(2)18-10(15)14-19(16,17)13-9-4-3-7(12)5-8(9)11/h3-6,13H,12H2,1-2H3,(H,14,15). The van der Waals surface area contributed by atoms with Gasteiger partial charge in [-0.3, -0.25) is 4.72 Å². The first kappa shape index (κ1) is 15.4. The van der Waals surface area contributed by atoms with Crippen LogP contribution in [0.1, 0.15) is 13.8 Å². The van der Waals surface area contributed by atoms with Crippen LogP contribution in [-0.4, -0.2) is 20.6 Å². The first-order chi connectivity index (χ1) is 8.69. The summed E-state index contributed by atoms with van der Waals surface area (Å²) < 4.78 is 31.7. The maximum atomic E-state index is 11.6. The first-order valence-corrected chi connectivity index (χ1v) is 7.12. The number of carbonyl (C=O) groups excluding carboxylic acids is 1. The molecule has 0 bridgehead atoms. The number of benzene rings is 1. The fraction of sp³-hybridized carbons (Fsp3) is 0.300. The van der Waals surface area contributed by atoms with E-state index in [-0.39, 0.29) is 10.7 Å². The molecule has 4 N–H and O–H groups in total. The largest absolute Gasteiger partial charge is 0.446 e. The lowest BCUT2D eigenvalue weighted by Crippen LogP contribution is -2.36. The number of rotatable bonds is 4. The third-order valence-electron chi connectivity index (χ3n) is 1.80. The third-order valence-corrected chi connectivity index (χ3v) is 3.03. The van der Waals surface area contributed by atoms with Gasteiger partial charge in [0.15, 0.2) is 0 Å². The quantitative estimate of drug-likeness (QED) is 0.733. The van der Waals surface area contributed by atoms with Crippen molar-refractivity contribution in [2.75, 3.05) is 10.5 Å². The number of nitrogens with one attached hydrogen (secondary N) is 2. The highest BCUT2D eigenvalue weighted by molar-refractivity contribution is 7.91. The Morgan fingerprint density at radius 1 is 1.42 bits per heavy atom. The molecule has 0 aliphatic carbocycles. The van der Waals surface area contributed by atoms with Gasteiger partial charge in [-0.1, -0.05) is 11.6 Å². The van der Waals surface area contributed by atoms with E-state index in [1.807, 2.05) is 0 Å². The number of halogens is 1. The fourth-order valence-corrected chi connectivity index (χ4v) is 2.21. The molecule has 19 heavy (non-hydrogen) atoms. The summed E-state index contributed by atoms with van der Waals surface area (Å²) in [5, 5.41) is 0.114. The zero-order valence-electron chi connectivity index (χ0n) is 10.3. The molecular weight excluding hydrogens is 294 g/mol. The minimum atomic E-state index is -4.11. The van der Waals surface area contributed by atoms with Crippen LogP contribution in [-0.2, 0) is 14.9 Å². The van der Waals surface area contributed by atoms with Crippen molar-refractivity contribution in [3.05, 3.63) is 23.2 Å². The van der Waals surface area contributed by atoms with E-state index in [1.165, 1.54) is 18.2 Å². The third kappa shape index (κ3) is 5.23. The lowest BCUT2D eigenvalue weighted by atomic mass is 10.3. The van der Waals surface area contributed by atoms with Gasteiger partial charge in [0, 0.05) is 5.69 Å². The lowest BCUT2D eigenvalue weighted by molar-refractivity contribution is 0.121. The van der Waals surface area contributed by atoms with Crippen LogP contribution in [0.4, 0.5) is 16.2 Å². The van der Waals surface area contributed by atoms with E-state index in [4.69, 9.17) is 17.3 Å². The van der Waals surface area contributed by atoms with Crippen molar-refractivity contribution in [2.24, 2.45) is 0 Å². The number of amides is 1. The van der Waals surface area contributed by atoms with E-state index in [0.717, 1.165) is 0 Å². The topological polar surface area (TPSA) is 111 Å². The number of nitrogen functional groups attached to an aromatic ring is 1. The molecule has 0 saturated heterocycles. The van der Waals surface area contributed by atoms with E-state index < -0.39 is 22.4 Å². The summed E-state index contributed by atoms with van der Waals surface area (Å²) in [5.41, 5.74) is 5.96. The van der Waals surface area contributed by atoms with Gasteiger partial charge in [0.1, 0.15) is 0 Å². The summed E-state index contributed by atoms with van der Waals surface area (Å²) in [4.78, 5) is 11.2. The highest BCUT2D eigenvalue weighted by atomic mass is 35.5. The van der Waals surface area contributed by atoms with Crippen LogP contribution >= 0.6 is 11.6 Å². The Morgan fingerprint density at radius 2 is 2.05 bits per heavy atom. The van der Waals surface area contributed by atoms with Crippen molar-refractivity contribution in [1.29, 1.82) is 0 Å². The molecule has 0 unspecified atom stereocenters. The number of ether oxygens (including phenoxy) is 1. The molecule has 1 rings (SSSR count). The second-order valence-electron chi connectivity index (χ2n) is 3.90. The smallest absolute Gasteiger partial charge is 0.422 e. The van der Waals surface area contributed by atoms with Crippen LogP contribution in [0.3, 0.4) is 0 Å². The molecule has 0 heterocycles. The summed E-state index contributed by atoms with van der Waals surface area (Å²) in [5.74, 6) is 0. The number of anilines is 2. The number of hydrogen-bond donors (Lipinski definition) is 3. The molecule has 7 nitrogen and oxygen atoms in total. The molecule has 0 aliphatic heterocycles. The summed E-state index contributed by atoms with van der Waals surface area (Å²) in [6.45, 7) is 3.19. The Balaban J connectivity index is 2.77. The van der Waals surface area contributed by atoms with Gasteiger partial charge in [-0.15, -0.1) is 0 Å². The maximum absolute atomic E-state index is 11.6. The molecular formula is C10H14ClN3O4S. The minimum absolute atomic E-state index is 0.0979. The fourth-order valence-electron chi connectivity index (χ4n) is 1.13. The first-order valence-electron chi connectivity index (χ1n) is 5.26. The lowest BCUT2D eigenvalue weighted by Gasteiger charge is -2.12. The highest BCUT2D eigenvalue weighted by Gasteiger charge is 2.17. The van der Waals surface area contributed by atoms with Crippen LogP contribution in [0.5, 0.6) is 0 Å². The number of hydrogen-bond acceptors (Lipinski definition) is 5. The molecule has 0 atom stereocenters. The Morgan fingerprint density at radius 3 is 2.58 bits per heavy atom. The van der Waals surface area contributed by atoms with Gasteiger partial charge in [0.05, 0.1) is 16.8 Å². The van der Waals surface area contributed by atoms with E-state index in [1.54, 1.807) is 18.6 Å².